The SMILES string of the molecule is CN(Cc1cccnc1)C(=O)C1CC(=O)N(Cc2ccco2)C1. The van der Waals surface area contributed by atoms with Gasteiger partial charge in [-0.25, -0.2) is 0 Å². The lowest BCUT2D eigenvalue weighted by molar-refractivity contribution is -0.135. The molecule has 23 heavy (non-hydrogen) atoms. The van der Waals surface area contributed by atoms with Crippen molar-refractivity contribution in [2.24, 2.45) is 5.92 Å². The number of furan rings is 1. The van der Waals surface area contributed by atoms with Gasteiger partial charge in [0.1, 0.15) is 5.76 Å². The van der Waals surface area contributed by atoms with E-state index in [4.69, 9.17) is 4.42 Å². The van der Waals surface area contributed by atoms with Crippen molar-refractivity contribution in [3.8, 4) is 0 Å². The molecule has 6 heteroatoms. The van der Waals surface area contributed by atoms with E-state index in [9.17, 15) is 9.59 Å². The van der Waals surface area contributed by atoms with Gasteiger partial charge in [-0.1, -0.05) is 6.07 Å². The van der Waals surface area contributed by atoms with E-state index in [0.717, 1.165) is 11.3 Å². The smallest absolute Gasteiger partial charge is 0.228 e. The van der Waals surface area contributed by atoms with E-state index >= 15 is 0 Å². The Morgan fingerprint density at radius 1 is 1.43 bits per heavy atom. The normalized spacial score (nSPS) is 17.5. The minimum atomic E-state index is -0.292. The Bertz CT molecular complexity index is 670. The number of carbonyl (C=O) groups is 2. The van der Waals surface area contributed by atoms with Gasteiger partial charge in [0.25, 0.3) is 0 Å². The second kappa shape index (κ2) is 6.64. The molecule has 0 aromatic carbocycles. The standard InChI is InChI=1S/C17H19N3O3/c1-19(10-13-4-2-6-18-9-13)17(22)14-8-16(21)20(11-14)12-15-5-3-7-23-15/h2-7,9,14H,8,10-12H2,1H3. The van der Waals surface area contributed by atoms with Crippen LogP contribution in [0.1, 0.15) is 17.7 Å². The second-order valence-corrected chi connectivity index (χ2v) is 5.81. The van der Waals surface area contributed by atoms with Gasteiger partial charge in [-0.15, -0.1) is 0 Å². The first-order valence-corrected chi connectivity index (χ1v) is 7.57. The van der Waals surface area contributed by atoms with Gasteiger partial charge in [0.2, 0.25) is 11.8 Å². The number of rotatable bonds is 5. The third-order valence-corrected chi connectivity index (χ3v) is 4.01. The van der Waals surface area contributed by atoms with E-state index in [0.29, 0.717) is 19.6 Å². The van der Waals surface area contributed by atoms with Crippen molar-refractivity contribution < 1.29 is 14.0 Å². The van der Waals surface area contributed by atoms with Crippen molar-refractivity contribution >= 4 is 11.8 Å². The Morgan fingerprint density at radius 3 is 3.00 bits per heavy atom. The molecule has 0 radical (unpaired) electrons. The molecule has 2 aromatic heterocycles. The molecule has 1 atom stereocenters. The van der Waals surface area contributed by atoms with Crippen LogP contribution < -0.4 is 0 Å². The molecule has 3 rings (SSSR count). The van der Waals surface area contributed by atoms with Crippen molar-refractivity contribution in [1.29, 1.82) is 0 Å². The van der Waals surface area contributed by atoms with E-state index in [1.165, 1.54) is 0 Å². The highest BCUT2D eigenvalue weighted by Crippen LogP contribution is 2.22. The fourth-order valence-corrected chi connectivity index (χ4v) is 2.84. The summed E-state index contributed by atoms with van der Waals surface area (Å²) in [5.74, 6) is 0.424. The molecule has 1 aliphatic rings. The Morgan fingerprint density at radius 2 is 2.30 bits per heavy atom. The molecule has 1 saturated heterocycles. The van der Waals surface area contributed by atoms with Crippen LogP contribution in [0.3, 0.4) is 0 Å². The number of amides is 2. The number of hydrogen-bond donors (Lipinski definition) is 0. The van der Waals surface area contributed by atoms with Crippen molar-refractivity contribution in [1.82, 2.24) is 14.8 Å². The third-order valence-electron chi connectivity index (χ3n) is 4.01. The lowest BCUT2D eigenvalue weighted by Gasteiger charge is -2.21. The number of nitrogens with zero attached hydrogens (tertiary/aromatic N) is 3. The van der Waals surface area contributed by atoms with Crippen LogP contribution in [-0.2, 0) is 22.7 Å². The first-order chi connectivity index (χ1) is 11.1. The van der Waals surface area contributed by atoms with Crippen LogP contribution in [0, 0.1) is 5.92 Å². The zero-order valence-electron chi connectivity index (χ0n) is 13.0. The minimum Gasteiger partial charge on any atom is -0.467 e. The molecule has 1 fully saturated rings. The number of likely N-dealkylation sites (tertiary alicyclic amines) is 1. The van der Waals surface area contributed by atoms with Gasteiger partial charge in [-0.05, 0) is 23.8 Å². The molecule has 0 spiro atoms. The monoisotopic (exact) mass is 313 g/mol. The zero-order chi connectivity index (χ0) is 16.2. The molecule has 0 N–H and O–H groups in total. The molecule has 1 unspecified atom stereocenters. The Labute approximate surface area is 134 Å². The van der Waals surface area contributed by atoms with Crippen LogP contribution in [0.25, 0.3) is 0 Å². The fraction of sp³-hybridized carbons (Fsp3) is 0.353. The quantitative estimate of drug-likeness (QED) is 0.842. The summed E-state index contributed by atoms with van der Waals surface area (Å²) in [6.45, 7) is 1.35. The Balaban J connectivity index is 1.58. The third kappa shape index (κ3) is 3.59. The van der Waals surface area contributed by atoms with E-state index in [1.54, 1.807) is 41.6 Å². The molecule has 120 valence electrons. The first kappa shape index (κ1) is 15.3. The Kier molecular flexibility index (Phi) is 4.41. The molecule has 3 heterocycles. The molecule has 6 nitrogen and oxygen atoms in total. The summed E-state index contributed by atoms with van der Waals surface area (Å²) in [6, 6.07) is 7.40. The fourth-order valence-electron chi connectivity index (χ4n) is 2.84. The van der Waals surface area contributed by atoms with Gasteiger partial charge in [0.05, 0.1) is 18.7 Å². The van der Waals surface area contributed by atoms with Gasteiger partial charge in [0, 0.05) is 39.0 Å². The highest BCUT2D eigenvalue weighted by molar-refractivity contribution is 5.89. The van der Waals surface area contributed by atoms with Crippen LogP contribution in [0.2, 0.25) is 0 Å². The van der Waals surface area contributed by atoms with E-state index < -0.39 is 0 Å². The van der Waals surface area contributed by atoms with Gasteiger partial charge >= 0.3 is 0 Å². The molecule has 0 bridgehead atoms. The number of hydrogen-bond acceptors (Lipinski definition) is 4. The molecular weight excluding hydrogens is 294 g/mol. The first-order valence-electron chi connectivity index (χ1n) is 7.57. The number of carbonyl (C=O) groups excluding carboxylic acids is 2. The summed E-state index contributed by atoms with van der Waals surface area (Å²) in [4.78, 5) is 32.0. The van der Waals surface area contributed by atoms with Gasteiger partial charge < -0.3 is 14.2 Å². The molecule has 0 aliphatic carbocycles. The van der Waals surface area contributed by atoms with Crippen molar-refractivity contribution in [2.45, 2.75) is 19.5 Å². The van der Waals surface area contributed by atoms with Gasteiger partial charge in [-0.3, -0.25) is 14.6 Å². The number of aromatic nitrogens is 1. The largest absolute Gasteiger partial charge is 0.467 e. The van der Waals surface area contributed by atoms with Crippen LogP contribution >= 0.6 is 0 Å². The van der Waals surface area contributed by atoms with Crippen LogP contribution in [0.4, 0.5) is 0 Å². The maximum atomic E-state index is 12.5. The van der Waals surface area contributed by atoms with E-state index in [2.05, 4.69) is 4.98 Å². The minimum absolute atomic E-state index is 0.00507. The maximum absolute atomic E-state index is 12.5. The lowest BCUT2D eigenvalue weighted by atomic mass is 10.1. The van der Waals surface area contributed by atoms with Gasteiger partial charge in [-0.2, -0.15) is 0 Å². The zero-order valence-corrected chi connectivity index (χ0v) is 13.0. The lowest BCUT2D eigenvalue weighted by Crippen LogP contribution is -2.34. The molecular formula is C17H19N3O3. The molecule has 2 amide bonds. The van der Waals surface area contributed by atoms with E-state index in [1.807, 2.05) is 18.2 Å². The maximum Gasteiger partial charge on any atom is 0.228 e. The highest BCUT2D eigenvalue weighted by Gasteiger charge is 2.35. The highest BCUT2D eigenvalue weighted by atomic mass is 16.3. The summed E-state index contributed by atoms with van der Waals surface area (Å²) < 4.78 is 5.27. The summed E-state index contributed by atoms with van der Waals surface area (Å²) >= 11 is 0. The van der Waals surface area contributed by atoms with Gasteiger partial charge in [0.15, 0.2) is 0 Å². The topological polar surface area (TPSA) is 66.7 Å². The summed E-state index contributed by atoms with van der Waals surface area (Å²) in [6.07, 6.45) is 5.29. The van der Waals surface area contributed by atoms with Crippen molar-refractivity contribution in [2.75, 3.05) is 13.6 Å². The summed E-state index contributed by atoms with van der Waals surface area (Å²) in [5.41, 5.74) is 0.972. The predicted molar refractivity (Wildman–Crippen MR) is 82.9 cm³/mol. The van der Waals surface area contributed by atoms with Crippen LogP contribution in [-0.4, -0.2) is 40.2 Å². The predicted octanol–water partition coefficient (Wildman–Crippen LogP) is 1.68. The van der Waals surface area contributed by atoms with E-state index in [-0.39, 0.29) is 24.2 Å². The Hall–Kier alpha value is -2.63. The molecule has 2 aromatic rings. The average Bonchev–Trinajstić information content (AvgIpc) is 3.18. The summed E-state index contributed by atoms with van der Waals surface area (Å²) in [5, 5.41) is 0. The van der Waals surface area contributed by atoms with Crippen LogP contribution in [0.15, 0.2) is 47.3 Å². The average molecular weight is 313 g/mol. The van der Waals surface area contributed by atoms with Crippen molar-refractivity contribution in [3.63, 3.8) is 0 Å². The number of pyridine rings is 1. The van der Waals surface area contributed by atoms with Crippen molar-refractivity contribution in [3.05, 3.63) is 54.2 Å². The summed E-state index contributed by atoms with van der Waals surface area (Å²) in [7, 11) is 1.76. The second-order valence-electron chi connectivity index (χ2n) is 5.81. The molecule has 0 saturated carbocycles. The van der Waals surface area contributed by atoms with Crippen LogP contribution in [0.5, 0.6) is 0 Å². The molecule has 1 aliphatic heterocycles.